The van der Waals surface area contributed by atoms with E-state index in [1.54, 1.807) is 29.9 Å². The number of carbonyl (C=O) groups excluding carboxylic acids is 1. The molecular formula is C14H16N4O. The van der Waals surface area contributed by atoms with Crippen LogP contribution >= 0.6 is 0 Å². The molecule has 0 bridgehead atoms. The van der Waals surface area contributed by atoms with E-state index in [4.69, 9.17) is 5.73 Å². The van der Waals surface area contributed by atoms with Crippen LogP contribution in [0.15, 0.2) is 36.4 Å². The Bertz CT molecular complexity index is 628. The molecule has 3 N–H and O–H groups in total. The maximum atomic E-state index is 11.8. The predicted molar refractivity (Wildman–Crippen MR) is 76.5 cm³/mol. The lowest BCUT2D eigenvalue weighted by Gasteiger charge is -2.01. The average Bonchev–Trinajstić information content (AvgIpc) is 2.65. The van der Waals surface area contributed by atoms with E-state index in [2.05, 4.69) is 10.4 Å². The molecule has 19 heavy (non-hydrogen) atoms. The molecule has 5 nitrogen and oxygen atoms in total. The number of nitrogens with one attached hydrogen (secondary N) is 1. The lowest BCUT2D eigenvalue weighted by molar-refractivity contribution is -0.111. The van der Waals surface area contributed by atoms with Crippen molar-refractivity contribution >= 4 is 23.5 Å². The van der Waals surface area contributed by atoms with Crippen molar-refractivity contribution in [3.63, 3.8) is 0 Å². The van der Waals surface area contributed by atoms with E-state index < -0.39 is 0 Å². The van der Waals surface area contributed by atoms with E-state index >= 15 is 0 Å². The second-order valence-corrected chi connectivity index (χ2v) is 4.29. The number of nitrogens with zero attached hydrogens (tertiary/aromatic N) is 2. The fraction of sp³-hybridized carbons (Fsp3) is 0.143. The molecule has 0 saturated heterocycles. The first-order chi connectivity index (χ1) is 9.04. The van der Waals surface area contributed by atoms with E-state index in [0.29, 0.717) is 11.5 Å². The van der Waals surface area contributed by atoms with Crippen LogP contribution in [0.4, 0.5) is 11.5 Å². The largest absolute Gasteiger partial charge is 0.399 e. The van der Waals surface area contributed by atoms with Crippen molar-refractivity contribution in [3.8, 4) is 0 Å². The van der Waals surface area contributed by atoms with Gasteiger partial charge in [0.15, 0.2) is 0 Å². The number of rotatable bonds is 3. The van der Waals surface area contributed by atoms with E-state index in [-0.39, 0.29) is 5.91 Å². The van der Waals surface area contributed by atoms with Gasteiger partial charge in [0.1, 0.15) is 5.82 Å². The highest BCUT2D eigenvalue weighted by atomic mass is 16.1. The van der Waals surface area contributed by atoms with E-state index in [1.807, 2.05) is 25.1 Å². The minimum absolute atomic E-state index is 0.203. The molecule has 0 spiro atoms. The van der Waals surface area contributed by atoms with Gasteiger partial charge in [-0.15, -0.1) is 0 Å². The summed E-state index contributed by atoms with van der Waals surface area (Å²) in [4.78, 5) is 11.8. The molecule has 0 saturated carbocycles. The maximum Gasteiger partial charge on any atom is 0.249 e. The summed E-state index contributed by atoms with van der Waals surface area (Å²) in [6, 6.07) is 9.14. The summed E-state index contributed by atoms with van der Waals surface area (Å²) < 4.78 is 1.63. The first-order valence-electron chi connectivity index (χ1n) is 5.90. The third-order valence-corrected chi connectivity index (χ3v) is 2.59. The Morgan fingerprint density at radius 2 is 2.21 bits per heavy atom. The van der Waals surface area contributed by atoms with Crippen LogP contribution in [0.5, 0.6) is 0 Å². The van der Waals surface area contributed by atoms with Crippen LogP contribution in [-0.2, 0) is 11.8 Å². The molecule has 0 aliphatic carbocycles. The molecule has 0 aliphatic heterocycles. The van der Waals surface area contributed by atoms with Crippen LogP contribution in [0.1, 0.15) is 11.3 Å². The van der Waals surface area contributed by atoms with Crippen LogP contribution in [0, 0.1) is 6.92 Å². The Balaban J connectivity index is 2.03. The van der Waals surface area contributed by atoms with Crippen LogP contribution in [-0.4, -0.2) is 15.7 Å². The van der Waals surface area contributed by atoms with Gasteiger partial charge < -0.3 is 11.1 Å². The molecule has 1 aromatic carbocycles. The van der Waals surface area contributed by atoms with Gasteiger partial charge in [0.05, 0.1) is 5.69 Å². The Hall–Kier alpha value is -2.56. The number of hydrogen-bond donors (Lipinski definition) is 2. The molecule has 1 aromatic heterocycles. The zero-order valence-electron chi connectivity index (χ0n) is 10.9. The van der Waals surface area contributed by atoms with Crippen molar-refractivity contribution in [2.45, 2.75) is 6.92 Å². The molecule has 2 rings (SSSR count). The summed E-state index contributed by atoms with van der Waals surface area (Å²) in [6.45, 7) is 1.87. The summed E-state index contributed by atoms with van der Waals surface area (Å²) in [5, 5.41) is 6.91. The molecule has 5 heteroatoms. The van der Waals surface area contributed by atoms with Crippen molar-refractivity contribution in [3.05, 3.63) is 47.7 Å². The van der Waals surface area contributed by atoms with Gasteiger partial charge in [0, 0.05) is 24.9 Å². The summed E-state index contributed by atoms with van der Waals surface area (Å²) in [5.74, 6) is 0.463. The number of aryl methyl sites for hydroxylation is 2. The number of aromatic nitrogens is 2. The summed E-state index contributed by atoms with van der Waals surface area (Å²) in [5.41, 5.74) is 8.08. The first kappa shape index (κ1) is 12.9. The number of amides is 1. The van der Waals surface area contributed by atoms with Crippen LogP contribution in [0.25, 0.3) is 6.08 Å². The maximum absolute atomic E-state index is 11.8. The topological polar surface area (TPSA) is 72.9 Å². The molecule has 0 aliphatic rings. The van der Waals surface area contributed by atoms with Crippen molar-refractivity contribution in [2.24, 2.45) is 7.05 Å². The molecule has 1 amide bonds. The summed E-state index contributed by atoms with van der Waals surface area (Å²) in [6.07, 6.45) is 3.19. The first-order valence-corrected chi connectivity index (χ1v) is 5.90. The zero-order valence-corrected chi connectivity index (χ0v) is 10.9. The Morgan fingerprint density at radius 3 is 2.84 bits per heavy atom. The Morgan fingerprint density at radius 1 is 1.42 bits per heavy atom. The highest BCUT2D eigenvalue weighted by Crippen LogP contribution is 2.10. The predicted octanol–water partition coefficient (Wildman–Crippen LogP) is 1.96. The second-order valence-electron chi connectivity index (χ2n) is 4.29. The van der Waals surface area contributed by atoms with Gasteiger partial charge in [-0.1, -0.05) is 12.1 Å². The SMILES string of the molecule is Cc1cc(NC(=O)/C=C/c2cccc(N)c2)n(C)n1. The lowest BCUT2D eigenvalue weighted by atomic mass is 10.2. The number of nitrogen functional groups attached to an aromatic ring is 1. The van der Waals surface area contributed by atoms with Gasteiger partial charge in [-0.05, 0) is 30.7 Å². The van der Waals surface area contributed by atoms with Gasteiger partial charge in [-0.2, -0.15) is 5.10 Å². The van der Waals surface area contributed by atoms with Gasteiger partial charge in [0.25, 0.3) is 0 Å². The van der Waals surface area contributed by atoms with Gasteiger partial charge in [-0.25, -0.2) is 0 Å². The molecule has 1 heterocycles. The van der Waals surface area contributed by atoms with Crippen molar-refractivity contribution in [1.82, 2.24) is 9.78 Å². The lowest BCUT2D eigenvalue weighted by Crippen LogP contribution is -2.11. The molecule has 0 atom stereocenters. The van der Waals surface area contributed by atoms with Gasteiger partial charge in [-0.3, -0.25) is 9.48 Å². The molecular weight excluding hydrogens is 240 g/mol. The third kappa shape index (κ3) is 3.45. The molecule has 0 fully saturated rings. The fourth-order valence-corrected chi connectivity index (χ4v) is 1.73. The number of carbonyl (C=O) groups is 1. The van der Waals surface area contributed by atoms with Crippen molar-refractivity contribution < 1.29 is 4.79 Å². The summed E-state index contributed by atoms with van der Waals surface area (Å²) >= 11 is 0. The third-order valence-electron chi connectivity index (χ3n) is 2.59. The number of anilines is 2. The smallest absolute Gasteiger partial charge is 0.249 e. The van der Waals surface area contributed by atoms with E-state index in [1.165, 1.54) is 6.08 Å². The summed E-state index contributed by atoms with van der Waals surface area (Å²) in [7, 11) is 1.78. The van der Waals surface area contributed by atoms with Crippen LogP contribution in [0.2, 0.25) is 0 Å². The Labute approximate surface area is 111 Å². The monoisotopic (exact) mass is 256 g/mol. The highest BCUT2D eigenvalue weighted by molar-refractivity contribution is 6.01. The van der Waals surface area contributed by atoms with Gasteiger partial charge in [0.2, 0.25) is 5.91 Å². The number of nitrogens with two attached hydrogens (primary N) is 1. The van der Waals surface area contributed by atoms with Crippen LogP contribution < -0.4 is 11.1 Å². The average molecular weight is 256 g/mol. The Kier molecular flexibility index (Phi) is 3.66. The standard InChI is InChI=1S/C14H16N4O/c1-10-8-13(18(2)17-10)16-14(19)7-6-11-4-3-5-12(15)9-11/h3-9H,15H2,1-2H3,(H,16,19)/b7-6+. The molecule has 2 aromatic rings. The van der Waals surface area contributed by atoms with Crippen molar-refractivity contribution in [1.29, 1.82) is 0 Å². The zero-order chi connectivity index (χ0) is 13.8. The van der Waals surface area contributed by atoms with Crippen molar-refractivity contribution in [2.75, 3.05) is 11.1 Å². The minimum Gasteiger partial charge on any atom is -0.399 e. The molecule has 0 radical (unpaired) electrons. The number of hydrogen-bond acceptors (Lipinski definition) is 3. The minimum atomic E-state index is -0.203. The van der Waals surface area contributed by atoms with E-state index in [9.17, 15) is 4.79 Å². The van der Waals surface area contributed by atoms with E-state index in [0.717, 1.165) is 11.3 Å². The fourth-order valence-electron chi connectivity index (χ4n) is 1.73. The normalized spacial score (nSPS) is 10.8. The van der Waals surface area contributed by atoms with Crippen LogP contribution in [0.3, 0.4) is 0 Å². The molecule has 0 unspecified atom stereocenters. The number of benzene rings is 1. The second kappa shape index (κ2) is 5.39. The van der Waals surface area contributed by atoms with Gasteiger partial charge >= 0.3 is 0 Å². The highest BCUT2D eigenvalue weighted by Gasteiger charge is 2.03. The quantitative estimate of drug-likeness (QED) is 0.651. The molecule has 98 valence electrons.